The Hall–Kier alpha value is -3.26. The largest absolute Gasteiger partial charge is 0.383 e. The van der Waals surface area contributed by atoms with Gasteiger partial charge >= 0.3 is 0 Å². The summed E-state index contributed by atoms with van der Waals surface area (Å²) in [6.07, 6.45) is 3.52. The maximum Gasteiger partial charge on any atom is 0.160 e. The van der Waals surface area contributed by atoms with Crippen molar-refractivity contribution in [2.75, 3.05) is 13.7 Å². The fourth-order valence-corrected chi connectivity index (χ4v) is 3.58. The van der Waals surface area contributed by atoms with Crippen LogP contribution in [0.5, 0.6) is 0 Å². The third-order valence-corrected chi connectivity index (χ3v) is 4.86. The molecule has 0 radical (unpaired) electrons. The second-order valence-corrected chi connectivity index (χ2v) is 6.49. The normalized spacial score (nSPS) is 12.0. The minimum absolute atomic E-state index is 0.279. The van der Waals surface area contributed by atoms with Gasteiger partial charge in [0.2, 0.25) is 0 Å². The van der Waals surface area contributed by atoms with Crippen molar-refractivity contribution in [2.45, 2.75) is 13.5 Å². The van der Waals surface area contributed by atoms with E-state index in [-0.39, 0.29) is 5.82 Å². The molecule has 0 aliphatic carbocycles. The van der Waals surface area contributed by atoms with E-state index < -0.39 is 0 Å². The van der Waals surface area contributed by atoms with Gasteiger partial charge in [0, 0.05) is 19.0 Å². The topological polar surface area (TPSA) is 73.5 Å². The molecule has 0 atom stereocenters. The minimum Gasteiger partial charge on any atom is -0.383 e. The average Bonchev–Trinajstić information content (AvgIpc) is 3.34. The number of aromatic amines is 1. The van der Waals surface area contributed by atoms with Gasteiger partial charge in [-0.3, -0.25) is 5.10 Å². The van der Waals surface area contributed by atoms with E-state index in [0.717, 1.165) is 44.5 Å². The highest BCUT2D eigenvalue weighted by Gasteiger charge is 2.18. The lowest BCUT2D eigenvalue weighted by molar-refractivity contribution is 0.188. The molecule has 0 saturated heterocycles. The summed E-state index contributed by atoms with van der Waals surface area (Å²) in [6, 6.07) is 6.77. The molecule has 7 nitrogen and oxygen atoms in total. The third kappa shape index (κ3) is 2.33. The molecule has 1 aromatic carbocycles. The van der Waals surface area contributed by atoms with Gasteiger partial charge in [-0.2, -0.15) is 5.10 Å². The van der Waals surface area contributed by atoms with Crippen molar-refractivity contribution in [3.05, 3.63) is 48.3 Å². The van der Waals surface area contributed by atoms with Crippen LogP contribution >= 0.6 is 0 Å². The van der Waals surface area contributed by atoms with Crippen LogP contribution in [-0.4, -0.2) is 43.0 Å². The fraction of sp³-hybridized carbons (Fsp3) is 0.211. The summed E-state index contributed by atoms with van der Waals surface area (Å²) in [5, 5.41) is 7.89. The number of ether oxygens (including phenoxy) is 1. The maximum absolute atomic E-state index is 13.8. The number of aromatic nitrogens is 6. The van der Waals surface area contributed by atoms with Crippen LogP contribution in [0.2, 0.25) is 0 Å². The number of benzene rings is 1. The van der Waals surface area contributed by atoms with E-state index in [1.807, 2.05) is 22.1 Å². The van der Waals surface area contributed by atoms with Gasteiger partial charge < -0.3 is 13.9 Å². The minimum atomic E-state index is -0.279. The Bertz CT molecular complexity index is 1300. The zero-order chi connectivity index (χ0) is 18.5. The lowest BCUT2D eigenvalue weighted by atomic mass is 10.2. The molecule has 4 aromatic heterocycles. The molecule has 0 unspecified atom stereocenters. The van der Waals surface area contributed by atoms with Gasteiger partial charge in [-0.1, -0.05) is 0 Å². The molecule has 5 rings (SSSR count). The summed E-state index contributed by atoms with van der Waals surface area (Å²) in [5.41, 5.74) is 5.93. The molecule has 136 valence electrons. The van der Waals surface area contributed by atoms with Crippen molar-refractivity contribution >= 4 is 33.1 Å². The molecule has 8 heteroatoms. The number of hydrogen-bond acceptors (Lipinski definition) is 4. The molecule has 0 aliphatic rings. The molecule has 27 heavy (non-hydrogen) atoms. The number of aryl methyl sites for hydroxylation is 1. The number of H-pyrrole nitrogens is 1. The van der Waals surface area contributed by atoms with E-state index in [0.29, 0.717) is 13.2 Å². The number of pyridine rings is 1. The number of fused-ring (bicyclic) bond motifs is 4. The van der Waals surface area contributed by atoms with E-state index in [1.54, 1.807) is 25.7 Å². The van der Waals surface area contributed by atoms with Crippen molar-refractivity contribution in [1.29, 1.82) is 0 Å². The lowest BCUT2D eigenvalue weighted by Gasteiger charge is -2.10. The quantitative estimate of drug-likeness (QED) is 0.531. The number of methoxy groups -OCH3 is 1. The van der Waals surface area contributed by atoms with Crippen molar-refractivity contribution in [1.82, 2.24) is 29.3 Å². The highest BCUT2D eigenvalue weighted by Crippen LogP contribution is 2.32. The van der Waals surface area contributed by atoms with Crippen molar-refractivity contribution in [3.8, 4) is 5.69 Å². The number of imidazole rings is 1. The van der Waals surface area contributed by atoms with Gasteiger partial charge in [0.05, 0.1) is 47.1 Å². The van der Waals surface area contributed by atoms with Crippen molar-refractivity contribution in [3.63, 3.8) is 0 Å². The summed E-state index contributed by atoms with van der Waals surface area (Å²) in [4.78, 5) is 9.27. The fourth-order valence-electron chi connectivity index (χ4n) is 3.58. The van der Waals surface area contributed by atoms with E-state index in [1.165, 1.54) is 12.1 Å². The molecular weight excluding hydrogens is 347 g/mol. The second kappa shape index (κ2) is 5.88. The zero-order valence-electron chi connectivity index (χ0n) is 14.9. The highest BCUT2D eigenvalue weighted by atomic mass is 19.1. The molecule has 0 bridgehead atoms. The average molecular weight is 364 g/mol. The number of hydrogen-bond donors (Lipinski definition) is 1. The van der Waals surface area contributed by atoms with Gasteiger partial charge in [0.1, 0.15) is 11.3 Å². The van der Waals surface area contributed by atoms with Gasteiger partial charge in [0.25, 0.3) is 0 Å². The first-order chi connectivity index (χ1) is 13.2. The number of halogens is 1. The molecule has 0 saturated carbocycles. The van der Waals surface area contributed by atoms with Crippen LogP contribution in [0.15, 0.2) is 36.8 Å². The first-order valence-corrected chi connectivity index (χ1v) is 8.62. The van der Waals surface area contributed by atoms with Crippen LogP contribution in [0.4, 0.5) is 4.39 Å². The lowest BCUT2D eigenvalue weighted by Crippen LogP contribution is -2.05. The maximum atomic E-state index is 13.8. The second-order valence-electron chi connectivity index (χ2n) is 6.49. The van der Waals surface area contributed by atoms with Gasteiger partial charge in [-0.25, -0.2) is 14.4 Å². The smallest absolute Gasteiger partial charge is 0.160 e. The number of rotatable bonds is 4. The monoisotopic (exact) mass is 364 g/mol. The SMILES string of the molecule is COCCn1cnc2cc(-n3c4ccc(F)cc4c4[nH]ncc43)c(C)nc21. The Labute approximate surface area is 153 Å². The summed E-state index contributed by atoms with van der Waals surface area (Å²) in [6.45, 7) is 3.25. The molecule has 0 aliphatic heterocycles. The van der Waals surface area contributed by atoms with Gasteiger partial charge in [-0.15, -0.1) is 0 Å². The zero-order valence-corrected chi connectivity index (χ0v) is 14.9. The number of nitrogens with zero attached hydrogens (tertiary/aromatic N) is 5. The van der Waals surface area contributed by atoms with E-state index >= 15 is 0 Å². The van der Waals surface area contributed by atoms with Crippen LogP contribution in [0.3, 0.4) is 0 Å². The summed E-state index contributed by atoms with van der Waals surface area (Å²) in [7, 11) is 1.67. The summed E-state index contributed by atoms with van der Waals surface area (Å²) >= 11 is 0. The van der Waals surface area contributed by atoms with Gasteiger partial charge in [0.15, 0.2) is 5.65 Å². The first kappa shape index (κ1) is 16.0. The molecule has 1 N–H and O–H groups in total. The Morgan fingerprint density at radius 3 is 2.96 bits per heavy atom. The Balaban J connectivity index is 1.78. The van der Waals surface area contributed by atoms with Gasteiger partial charge in [-0.05, 0) is 31.2 Å². The van der Waals surface area contributed by atoms with E-state index in [4.69, 9.17) is 9.72 Å². The van der Waals surface area contributed by atoms with Crippen LogP contribution < -0.4 is 0 Å². The predicted molar refractivity (Wildman–Crippen MR) is 101 cm³/mol. The molecule has 0 fully saturated rings. The summed E-state index contributed by atoms with van der Waals surface area (Å²) < 4.78 is 23.0. The third-order valence-electron chi connectivity index (χ3n) is 4.86. The standard InChI is InChI=1S/C19H17FN6O/c1-11-16(8-14-19(23-11)25(10-21-14)5-6-27-2)26-15-4-3-12(20)7-13(15)18-17(26)9-22-24-18/h3-4,7-10H,5-6H2,1-2H3,(H,22,24). The Morgan fingerprint density at radius 2 is 2.11 bits per heavy atom. The van der Waals surface area contributed by atoms with Crippen LogP contribution in [0.1, 0.15) is 5.69 Å². The number of nitrogens with one attached hydrogen (secondary N) is 1. The molecule has 0 amide bonds. The van der Waals surface area contributed by atoms with E-state index in [2.05, 4.69) is 15.2 Å². The van der Waals surface area contributed by atoms with Crippen LogP contribution in [0.25, 0.3) is 38.8 Å². The molecular formula is C19H17FN6O. The van der Waals surface area contributed by atoms with Crippen LogP contribution in [-0.2, 0) is 11.3 Å². The highest BCUT2D eigenvalue weighted by molar-refractivity contribution is 6.07. The Kier molecular flexibility index (Phi) is 3.48. The van der Waals surface area contributed by atoms with Crippen molar-refractivity contribution < 1.29 is 9.13 Å². The van der Waals surface area contributed by atoms with E-state index in [9.17, 15) is 4.39 Å². The predicted octanol–water partition coefficient (Wildman–Crippen LogP) is 3.35. The summed E-state index contributed by atoms with van der Waals surface area (Å²) in [5.74, 6) is -0.279. The molecule has 4 heterocycles. The molecule has 5 aromatic rings. The Morgan fingerprint density at radius 1 is 1.22 bits per heavy atom. The van der Waals surface area contributed by atoms with Crippen molar-refractivity contribution in [2.24, 2.45) is 0 Å². The van der Waals surface area contributed by atoms with Crippen LogP contribution in [0, 0.1) is 12.7 Å². The first-order valence-electron chi connectivity index (χ1n) is 8.62. The molecule has 0 spiro atoms.